The predicted octanol–water partition coefficient (Wildman–Crippen LogP) is 3.07. The first kappa shape index (κ1) is 17.4. The summed E-state index contributed by atoms with van der Waals surface area (Å²) in [5.74, 6) is -3.56. The molecule has 0 aromatic carbocycles. The fraction of sp³-hybridized carbons (Fsp3) is 0.571. The molecule has 1 N–H and O–H groups in total. The second-order valence-corrected chi connectivity index (χ2v) is 5.86. The van der Waals surface area contributed by atoms with Crippen LogP contribution in [0.25, 0.3) is 0 Å². The Kier molecular flexibility index (Phi) is 4.50. The minimum Gasteiger partial charge on any atom is -0.468 e. The summed E-state index contributed by atoms with van der Waals surface area (Å²) < 4.78 is 66.5. The zero-order valence-corrected chi connectivity index (χ0v) is 12.2. The van der Waals surface area contributed by atoms with E-state index in [4.69, 9.17) is 0 Å². The number of aromatic nitrogens is 1. The summed E-state index contributed by atoms with van der Waals surface area (Å²) in [5.41, 5.74) is -0.660. The van der Waals surface area contributed by atoms with Crippen molar-refractivity contribution in [1.82, 2.24) is 10.3 Å². The van der Waals surface area contributed by atoms with Crippen LogP contribution < -0.4 is 10.1 Å². The molecule has 1 aliphatic rings. The molecule has 1 aliphatic carbocycles. The van der Waals surface area contributed by atoms with Crippen LogP contribution in [0, 0.1) is 5.41 Å². The summed E-state index contributed by atoms with van der Waals surface area (Å²) >= 11 is 0. The van der Waals surface area contributed by atoms with Crippen molar-refractivity contribution in [3.05, 3.63) is 23.9 Å². The molecular formula is C14H15F5N2O2. The Labute approximate surface area is 129 Å². The Balaban J connectivity index is 1.88. The minimum absolute atomic E-state index is 0.00904. The number of ether oxygens (including phenoxy) is 1. The zero-order valence-electron chi connectivity index (χ0n) is 12.2. The van der Waals surface area contributed by atoms with E-state index in [0.717, 1.165) is 0 Å². The van der Waals surface area contributed by atoms with Crippen molar-refractivity contribution in [2.24, 2.45) is 5.41 Å². The number of hydrogen-bond acceptors (Lipinski definition) is 3. The largest absolute Gasteiger partial charge is 0.468 e. The molecule has 0 unspecified atom stereocenters. The molecule has 0 aliphatic heterocycles. The lowest BCUT2D eigenvalue weighted by atomic mass is 9.67. The third-order valence-corrected chi connectivity index (χ3v) is 3.48. The zero-order chi connectivity index (χ0) is 17.3. The molecule has 1 fully saturated rings. The Morgan fingerprint density at radius 3 is 2.61 bits per heavy atom. The molecule has 0 bridgehead atoms. The van der Waals surface area contributed by atoms with Crippen LogP contribution in [-0.2, 0) is 11.3 Å². The second kappa shape index (κ2) is 5.93. The summed E-state index contributed by atoms with van der Waals surface area (Å²) in [7, 11) is 0. The number of carbonyl (C=O) groups excluding carboxylic acids is 1. The van der Waals surface area contributed by atoms with Gasteiger partial charge in [0.05, 0.1) is 5.41 Å². The smallest absolute Gasteiger partial charge is 0.422 e. The predicted molar refractivity (Wildman–Crippen MR) is 69.9 cm³/mol. The Morgan fingerprint density at radius 2 is 2.04 bits per heavy atom. The molecule has 23 heavy (non-hydrogen) atoms. The van der Waals surface area contributed by atoms with Crippen LogP contribution in [0.2, 0.25) is 0 Å². The molecule has 1 aromatic rings. The van der Waals surface area contributed by atoms with E-state index in [1.54, 1.807) is 0 Å². The van der Waals surface area contributed by atoms with Gasteiger partial charge in [0.2, 0.25) is 17.7 Å². The number of hydrogen-bond donors (Lipinski definition) is 1. The van der Waals surface area contributed by atoms with Crippen molar-refractivity contribution in [2.45, 2.75) is 38.4 Å². The highest BCUT2D eigenvalue weighted by atomic mass is 19.4. The van der Waals surface area contributed by atoms with Gasteiger partial charge in [-0.25, -0.2) is 13.8 Å². The first-order chi connectivity index (χ1) is 10.5. The van der Waals surface area contributed by atoms with Gasteiger partial charge in [0.25, 0.3) is 0 Å². The highest BCUT2D eigenvalue weighted by Crippen LogP contribution is 2.51. The van der Waals surface area contributed by atoms with Gasteiger partial charge in [-0.1, -0.05) is 6.92 Å². The monoisotopic (exact) mass is 338 g/mol. The van der Waals surface area contributed by atoms with Crippen LogP contribution >= 0.6 is 0 Å². The van der Waals surface area contributed by atoms with E-state index in [1.165, 1.54) is 25.3 Å². The summed E-state index contributed by atoms with van der Waals surface area (Å²) in [6.07, 6.45) is -4.26. The molecule has 0 saturated heterocycles. The fourth-order valence-corrected chi connectivity index (χ4v) is 2.44. The van der Waals surface area contributed by atoms with Crippen LogP contribution in [-0.4, -0.2) is 29.6 Å². The topological polar surface area (TPSA) is 51.2 Å². The number of pyridine rings is 1. The minimum atomic E-state index is -4.48. The molecule has 9 heteroatoms. The van der Waals surface area contributed by atoms with Gasteiger partial charge >= 0.3 is 6.18 Å². The Bertz CT molecular complexity index is 581. The van der Waals surface area contributed by atoms with E-state index in [1.807, 2.05) is 0 Å². The Morgan fingerprint density at radius 1 is 1.39 bits per heavy atom. The third-order valence-electron chi connectivity index (χ3n) is 3.48. The quantitative estimate of drug-likeness (QED) is 0.840. The molecule has 1 aromatic heterocycles. The fourth-order valence-electron chi connectivity index (χ4n) is 2.44. The van der Waals surface area contributed by atoms with E-state index in [2.05, 4.69) is 15.0 Å². The van der Waals surface area contributed by atoms with Gasteiger partial charge in [0.15, 0.2) is 6.61 Å². The van der Waals surface area contributed by atoms with Gasteiger partial charge in [0.1, 0.15) is 0 Å². The number of halogens is 5. The van der Waals surface area contributed by atoms with E-state index in [-0.39, 0.29) is 12.4 Å². The van der Waals surface area contributed by atoms with Crippen molar-refractivity contribution in [1.29, 1.82) is 0 Å². The van der Waals surface area contributed by atoms with Gasteiger partial charge < -0.3 is 10.1 Å². The first-order valence-corrected chi connectivity index (χ1v) is 6.80. The van der Waals surface area contributed by atoms with Crippen LogP contribution in [0.3, 0.4) is 0 Å². The molecule has 0 radical (unpaired) electrons. The lowest BCUT2D eigenvalue weighted by molar-refractivity contribution is -0.174. The van der Waals surface area contributed by atoms with E-state index in [9.17, 15) is 26.7 Å². The second-order valence-electron chi connectivity index (χ2n) is 5.86. The maximum absolute atomic E-state index is 12.9. The van der Waals surface area contributed by atoms with Crippen LogP contribution in [0.15, 0.2) is 18.3 Å². The number of amides is 1. The number of nitrogens with one attached hydrogen (secondary N) is 1. The summed E-state index contributed by atoms with van der Waals surface area (Å²) in [6.45, 7) is -0.0297. The first-order valence-electron chi connectivity index (χ1n) is 6.80. The Hall–Kier alpha value is -1.93. The summed E-state index contributed by atoms with van der Waals surface area (Å²) in [6, 6.07) is 2.74. The van der Waals surface area contributed by atoms with Crippen molar-refractivity contribution < 1.29 is 31.5 Å². The highest BCUT2D eigenvalue weighted by molar-refractivity contribution is 5.83. The summed E-state index contributed by atoms with van der Waals surface area (Å²) in [5, 5.41) is 2.50. The van der Waals surface area contributed by atoms with Crippen LogP contribution in [0.1, 0.15) is 25.3 Å². The maximum Gasteiger partial charge on any atom is 0.422 e. The van der Waals surface area contributed by atoms with Gasteiger partial charge in [-0.15, -0.1) is 0 Å². The molecule has 128 valence electrons. The molecule has 0 spiro atoms. The van der Waals surface area contributed by atoms with Crippen LogP contribution in [0.4, 0.5) is 22.0 Å². The number of alkyl halides is 5. The SMILES string of the molecule is CC1(C(=O)NCc2ccnc(OCC(F)(F)F)c2)CC(F)(F)C1. The lowest BCUT2D eigenvalue weighted by Crippen LogP contribution is -2.53. The highest BCUT2D eigenvalue weighted by Gasteiger charge is 2.57. The molecule has 0 atom stereocenters. The lowest BCUT2D eigenvalue weighted by Gasteiger charge is -2.43. The van der Waals surface area contributed by atoms with Gasteiger partial charge in [-0.2, -0.15) is 13.2 Å². The molecule has 2 rings (SSSR count). The molecule has 1 saturated carbocycles. The van der Waals surface area contributed by atoms with Crippen molar-refractivity contribution in [3.8, 4) is 5.88 Å². The normalized spacial score (nSPS) is 18.9. The van der Waals surface area contributed by atoms with Crippen molar-refractivity contribution >= 4 is 5.91 Å². The molecule has 4 nitrogen and oxygen atoms in total. The van der Waals surface area contributed by atoms with Crippen LogP contribution in [0.5, 0.6) is 5.88 Å². The van der Waals surface area contributed by atoms with Gasteiger partial charge in [-0.05, 0) is 11.6 Å². The average Bonchev–Trinajstić information content (AvgIpc) is 2.40. The number of carbonyl (C=O) groups is 1. The van der Waals surface area contributed by atoms with E-state index >= 15 is 0 Å². The van der Waals surface area contributed by atoms with E-state index < -0.39 is 42.9 Å². The standard InChI is InChI=1S/C14H15F5N2O2/c1-12(6-13(15,16)7-12)11(22)21-5-9-2-3-20-10(4-9)23-8-14(17,18)19/h2-4H,5-8H2,1H3,(H,21,22). The maximum atomic E-state index is 12.9. The molecular weight excluding hydrogens is 323 g/mol. The number of rotatable bonds is 5. The van der Waals surface area contributed by atoms with Crippen molar-refractivity contribution in [3.63, 3.8) is 0 Å². The average molecular weight is 338 g/mol. The number of nitrogens with zero attached hydrogens (tertiary/aromatic N) is 1. The van der Waals surface area contributed by atoms with Gasteiger partial charge in [0, 0.05) is 31.6 Å². The van der Waals surface area contributed by atoms with Crippen molar-refractivity contribution in [2.75, 3.05) is 6.61 Å². The van der Waals surface area contributed by atoms with Gasteiger partial charge in [-0.3, -0.25) is 4.79 Å². The van der Waals surface area contributed by atoms with E-state index in [0.29, 0.717) is 5.56 Å². The molecule has 1 amide bonds. The third kappa shape index (κ3) is 4.77. The molecule has 1 heterocycles. The summed E-state index contributed by atoms with van der Waals surface area (Å²) in [4.78, 5) is 15.5.